The molecule has 2 aromatic rings. The van der Waals surface area contributed by atoms with E-state index in [-0.39, 0.29) is 0 Å². The van der Waals surface area contributed by atoms with Crippen LogP contribution in [0.5, 0.6) is 5.88 Å². The van der Waals surface area contributed by atoms with E-state index in [9.17, 15) is 0 Å². The van der Waals surface area contributed by atoms with Crippen molar-refractivity contribution in [3.8, 4) is 11.7 Å². The van der Waals surface area contributed by atoms with Crippen LogP contribution in [-0.2, 0) is 0 Å². The number of pyridine rings is 1. The van der Waals surface area contributed by atoms with Crippen LogP contribution in [0.3, 0.4) is 0 Å². The average Bonchev–Trinajstić information content (AvgIpc) is 2.60. The molecule has 0 aliphatic rings. The number of hydrogen-bond acceptors (Lipinski definition) is 4. The largest absolute Gasteiger partial charge is 0.481 e. The monoisotopic (exact) mass is 238 g/mol. The third-order valence-electron chi connectivity index (χ3n) is 2.14. The summed E-state index contributed by atoms with van der Waals surface area (Å²) in [5.41, 5.74) is 7.05. The zero-order valence-corrected chi connectivity index (χ0v) is 9.69. The second-order valence-electron chi connectivity index (χ2n) is 3.27. The zero-order chi connectivity index (χ0) is 11.7. The molecule has 0 amide bonds. The number of rotatable bonds is 2. The number of ether oxygens (including phenoxy) is 1. The first-order chi connectivity index (χ1) is 7.61. The molecule has 0 fully saturated rings. The maximum atomic E-state index is 5.92. The number of hydrogen-bond donors (Lipinski definition) is 1. The van der Waals surface area contributed by atoms with Crippen LogP contribution in [0, 0.1) is 6.92 Å². The van der Waals surface area contributed by atoms with Crippen molar-refractivity contribution in [1.82, 2.24) is 14.8 Å². The van der Waals surface area contributed by atoms with Crippen LogP contribution < -0.4 is 10.5 Å². The van der Waals surface area contributed by atoms with E-state index in [0.29, 0.717) is 22.4 Å². The molecular formula is C10H11ClN4O. The summed E-state index contributed by atoms with van der Waals surface area (Å²) in [6.45, 7) is 1.81. The van der Waals surface area contributed by atoms with Gasteiger partial charge < -0.3 is 10.5 Å². The van der Waals surface area contributed by atoms with E-state index in [2.05, 4.69) is 10.1 Å². The molecule has 2 heterocycles. The zero-order valence-electron chi connectivity index (χ0n) is 8.94. The van der Waals surface area contributed by atoms with Crippen LogP contribution in [0.15, 0.2) is 18.3 Å². The van der Waals surface area contributed by atoms with Crippen LogP contribution in [0.1, 0.15) is 5.69 Å². The van der Waals surface area contributed by atoms with Gasteiger partial charge in [0.1, 0.15) is 0 Å². The molecule has 6 heteroatoms. The van der Waals surface area contributed by atoms with E-state index in [1.165, 1.54) is 4.68 Å². The average molecular weight is 239 g/mol. The van der Waals surface area contributed by atoms with E-state index in [1.54, 1.807) is 25.4 Å². The molecule has 0 saturated carbocycles. The van der Waals surface area contributed by atoms with Crippen molar-refractivity contribution in [2.24, 2.45) is 0 Å². The van der Waals surface area contributed by atoms with Crippen molar-refractivity contribution in [3.63, 3.8) is 0 Å². The number of aryl methyl sites for hydroxylation is 1. The van der Waals surface area contributed by atoms with Crippen LogP contribution in [-0.4, -0.2) is 21.9 Å². The minimum absolute atomic E-state index is 0.480. The molecule has 0 aliphatic heterocycles. The van der Waals surface area contributed by atoms with Gasteiger partial charge >= 0.3 is 0 Å². The number of nitrogens with two attached hydrogens (primary N) is 1. The molecule has 16 heavy (non-hydrogen) atoms. The lowest BCUT2D eigenvalue weighted by Gasteiger charge is -2.06. The summed E-state index contributed by atoms with van der Waals surface area (Å²) in [7, 11) is 1.55. The van der Waals surface area contributed by atoms with E-state index >= 15 is 0 Å². The predicted octanol–water partition coefficient (Wildman–Crippen LogP) is 1.82. The Bertz CT molecular complexity index is 504. The lowest BCUT2D eigenvalue weighted by Crippen LogP contribution is -2.04. The molecular weight excluding hydrogens is 228 g/mol. The molecule has 0 radical (unpaired) electrons. The maximum Gasteiger partial charge on any atom is 0.215 e. The van der Waals surface area contributed by atoms with Gasteiger partial charge in [-0.25, -0.2) is 4.68 Å². The fourth-order valence-corrected chi connectivity index (χ4v) is 1.42. The molecule has 0 bridgehead atoms. The summed E-state index contributed by atoms with van der Waals surface area (Å²) in [6.07, 6.45) is 1.66. The molecule has 84 valence electrons. The smallest absolute Gasteiger partial charge is 0.215 e. The van der Waals surface area contributed by atoms with Crippen molar-refractivity contribution >= 4 is 17.3 Å². The summed E-state index contributed by atoms with van der Waals surface area (Å²) in [5, 5.41) is 4.78. The van der Waals surface area contributed by atoms with Gasteiger partial charge in [0.2, 0.25) is 5.88 Å². The van der Waals surface area contributed by atoms with Crippen LogP contribution in [0.4, 0.5) is 5.69 Å². The van der Waals surface area contributed by atoms with Crippen molar-refractivity contribution in [2.45, 2.75) is 6.92 Å². The first kappa shape index (κ1) is 10.8. The molecule has 0 aromatic carbocycles. The van der Waals surface area contributed by atoms with Gasteiger partial charge in [-0.15, -0.1) is 0 Å². The first-order valence-corrected chi connectivity index (χ1v) is 5.02. The third kappa shape index (κ3) is 1.81. The van der Waals surface area contributed by atoms with Gasteiger partial charge in [-0.3, -0.25) is 0 Å². The second kappa shape index (κ2) is 4.02. The molecule has 0 atom stereocenters. The van der Waals surface area contributed by atoms with E-state index < -0.39 is 0 Å². The van der Waals surface area contributed by atoms with Gasteiger partial charge in [-0.05, 0) is 13.0 Å². The highest BCUT2D eigenvalue weighted by molar-refractivity contribution is 6.31. The first-order valence-electron chi connectivity index (χ1n) is 4.64. The predicted molar refractivity (Wildman–Crippen MR) is 62.1 cm³/mol. The number of nitrogens with zero attached hydrogens (tertiary/aromatic N) is 3. The number of halogens is 1. The minimum atomic E-state index is 0.480. The molecule has 0 spiro atoms. The van der Waals surface area contributed by atoms with Crippen LogP contribution in [0.25, 0.3) is 5.82 Å². The summed E-state index contributed by atoms with van der Waals surface area (Å²) in [6, 6.07) is 3.41. The number of aromatic nitrogens is 3. The Morgan fingerprint density at radius 3 is 2.75 bits per heavy atom. The van der Waals surface area contributed by atoms with E-state index in [0.717, 1.165) is 5.69 Å². The summed E-state index contributed by atoms with van der Waals surface area (Å²) in [5.74, 6) is 0.989. The molecule has 0 unspecified atom stereocenters. The summed E-state index contributed by atoms with van der Waals surface area (Å²) < 4.78 is 6.56. The normalized spacial score (nSPS) is 10.4. The Balaban J connectivity index is 2.54. The topological polar surface area (TPSA) is 66.0 Å². The fourth-order valence-electron chi connectivity index (χ4n) is 1.29. The summed E-state index contributed by atoms with van der Waals surface area (Å²) >= 11 is 5.92. The number of anilines is 1. The van der Waals surface area contributed by atoms with Gasteiger partial charge in [0, 0.05) is 6.07 Å². The molecule has 5 nitrogen and oxygen atoms in total. The maximum absolute atomic E-state index is 5.92. The Hall–Kier alpha value is -1.75. The highest BCUT2D eigenvalue weighted by atomic mass is 35.5. The Labute approximate surface area is 97.8 Å². The molecule has 2 aromatic heterocycles. The fraction of sp³-hybridized carbons (Fsp3) is 0.200. The SMILES string of the molecule is COc1ccc(N)c(-n2cc(Cl)c(C)n2)n1. The Morgan fingerprint density at radius 1 is 1.44 bits per heavy atom. The lowest BCUT2D eigenvalue weighted by molar-refractivity contribution is 0.397. The Morgan fingerprint density at radius 2 is 2.19 bits per heavy atom. The van der Waals surface area contributed by atoms with Gasteiger partial charge in [-0.2, -0.15) is 10.1 Å². The van der Waals surface area contributed by atoms with Gasteiger partial charge in [0.05, 0.1) is 29.7 Å². The van der Waals surface area contributed by atoms with Crippen molar-refractivity contribution in [3.05, 3.63) is 29.0 Å². The van der Waals surface area contributed by atoms with Crippen molar-refractivity contribution in [1.29, 1.82) is 0 Å². The summed E-state index contributed by atoms with van der Waals surface area (Å²) in [4.78, 5) is 4.21. The molecule has 2 N–H and O–H groups in total. The third-order valence-corrected chi connectivity index (χ3v) is 2.52. The molecule has 0 saturated heterocycles. The quantitative estimate of drug-likeness (QED) is 0.867. The minimum Gasteiger partial charge on any atom is -0.481 e. The Kier molecular flexibility index (Phi) is 2.70. The number of nitrogen functional groups attached to an aromatic ring is 1. The highest BCUT2D eigenvalue weighted by Gasteiger charge is 2.09. The van der Waals surface area contributed by atoms with Gasteiger partial charge in [0.15, 0.2) is 5.82 Å². The molecule has 2 rings (SSSR count). The van der Waals surface area contributed by atoms with E-state index in [1.807, 2.05) is 6.92 Å². The van der Waals surface area contributed by atoms with Gasteiger partial charge in [-0.1, -0.05) is 11.6 Å². The van der Waals surface area contributed by atoms with Crippen molar-refractivity contribution < 1.29 is 4.74 Å². The van der Waals surface area contributed by atoms with Gasteiger partial charge in [0.25, 0.3) is 0 Å². The molecule has 0 aliphatic carbocycles. The highest BCUT2D eigenvalue weighted by Crippen LogP contribution is 2.21. The van der Waals surface area contributed by atoms with Crippen molar-refractivity contribution in [2.75, 3.05) is 12.8 Å². The second-order valence-corrected chi connectivity index (χ2v) is 3.68. The standard InChI is InChI=1S/C10H11ClN4O/c1-6-7(11)5-15(14-6)10-8(12)3-4-9(13-10)16-2/h3-5H,12H2,1-2H3. The van der Waals surface area contributed by atoms with Crippen LogP contribution >= 0.6 is 11.6 Å². The number of methoxy groups -OCH3 is 1. The lowest BCUT2D eigenvalue weighted by atomic mass is 10.4. The van der Waals surface area contributed by atoms with Crippen LogP contribution in [0.2, 0.25) is 5.02 Å². The van der Waals surface area contributed by atoms with E-state index in [4.69, 9.17) is 22.1 Å².